The first-order chi connectivity index (χ1) is 12.8. The zero-order chi connectivity index (χ0) is 17.8. The number of thiophene rings is 1. The van der Waals surface area contributed by atoms with E-state index in [0.717, 1.165) is 32.9 Å². The van der Waals surface area contributed by atoms with Gasteiger partial charge in [-0.05, 0) is 17.7 Å². The van der Waals surface area contributed by atoms with Crippen LogP contribution in [0.3, 0.4) is 0 Å². The Kier molecular flexibility index (Phi) is 4.86. The molecule has 0 atom stereocenters. The number of aliphatic hydroxyl groups excluding tert-OH is 1. The highest BCUT2D eigenvalue weighted by molar-refractivity contribution is 7.17. The van der Waals surface area contributed by atoms with E-state index < -0.39 is 0 Å². The molecule has 2 N–H and O–H groups in total. The lowest BCUT2D eigenvalue weighted by molar-refractivity contribution is 0.297. The number of benzene rings is 1. The molecule has 0 aliphatic heterocycles. The summed E-state index contributed by atoms with van der Waals surface area (Å²) in [7, 11) is 0. The van der Waals surface area contributed by atoms with Crippen LogP contribution in [0.25, 0.3) is 21.3 Å². The van der Waals surface area contributed by atoms with Gasteiger partial charge in [0, 0.05) is 23.6 Å². The van der Waals surface area contributed by atoms with Gasteiger partial charge < -0.3 is 10.4 Å². The number of aliphatic hydroxyl groups is 1. The molecule has 3 aromatic heterocycles. The summed E-state index contributed by atoms with van der Waals surface area (Å²) < 4.78 is 0. The van der Waals surface area contributed by atoms with Crippen molar-refractivity contribution in [3.8, 4) is 11.1 Å². The molecule has 4 rings (SSSR count). The molecule has 3 heterocycles. The topological polar surface area (TPSA) is 70.9 Å². The second-order valence-corrected chi connectivity index (χ2v) is 6.69. The number of anilines is 1. The predicted octanol–water partition coefficient (Wildman–Crippen LogP) is 3.90. The maximum atomic E-state index is 9.27. The molecule has 0 saturated carbocycles. The van der Waals surface area contributed by atoms with E-state index >= 15 is 0 Å². The second-order valence-electron chi connectivity index (χ2n) is 5.83. The van der Waals surface area contributed by atoms with E-state index in [1.165, 1.54) is 0 Å². The Morgan fingerprint density at radius 2 is 1.85 bits per heavy atom. The Labute approximate surface area is 155 Å². The summed E-state index contributed by atoms with van der Waals surface area (Å²) in [6.45, 7) is 0.609. The van der Waals surface area contributed by atoms with Gasteiger partial charge >= 0.3 is 0 Å². The number of nitrogens with one attached hydrogen (secondary N) is 1. The minimum absolute atomic E-state index is 0.0299. The molecule has 0 saturated heterocycles. The number of rotatable bonds is 6. The molecule has 0 spiro atoms. The van der Waals surface area contributed by atoms with Crippen LogP contribution >= 0.6 is 11.3 Å². The highest BCUT2D eigenvalue weighted by Gasteiger charge is 2.15. The zero-order valence-corrected chi connectivity index (χ0v) is 14.9. The molecule has 0 amide bonds. The number of nitrogens with zero attached hydrogens (tertiary/aromatic N) is 3. The summed E-state index contributed by atoms with van der Waals surface area (Å²) >= 11 is 1.60. The number of hydrogen-bond donors (Lipinski definition) is 2. The third kappa shape index (κ3) is 3.42. The predicted molar refractivity (Wildman–Crippen MR) is 105 cm³/mol. The summed E-state index contributed by atoms with van der Waals surface area (Å²) in [6, 6.07) is 16.1. The fourth-order valence-corrected chi connectivity index (χ4v) is 3.80. The molecule has 0 bridgehead atoms. The molecule has 0 aliphatic rings. The highest BCUT2D eigenvalue weighted by Crippen LogP contribution is 2.37. The number of aromatic nitrogens is 3. The first kappa shape index (κ1) is 16.6. The fraction of sp³-hybridized carbons (Fsp3) is 0.150. The van der Waals surface area contributed by atoms with Crippen LogP contribution in [0, 0.1) is 0 Å². The van der Waals surface area contributed by atoms with E-state index in [-0.39, 0.29) is 6.61 Å². The lowest BCUT2D eigenvalue weighted by atomic mass is 10.1. The van der Waals surface area contributed by atoms with E-state index in [9.17, 15) is 5.11 Å². The molecular weight excluding hydrogens is 344 g/mol. The van der Waals surface area contributed by atoms with Crippen LogP contribution < -0.4 is 5.32 Å². The highest BCUT2D eigenvalue weighted by atomic mass is 32.1. The second kappa shape index (κ2) is 7.59. The van der Waals surface area contributed by atoms with Gasteiger partial charge in [0.2, 0.25) is 0 Å². The molecule has 26 heavy (non-hydrogen) atoms. The molecular formula is C20H18N4OS. The van der Waals surface area contributed by atoms with E-state index in [1.807, 2.05) is 36.4 Å². The van der Waals surface area contributed by atoms with Crippen molar-refractivity contribution in [1.82, 2.24) is 15.0 Å². The van der Waals surface area contributed by atoms with Gasteiger partial charge in [0.05, 0.1) is 24.2 Å². The Bertz CT molecular complexity index is 1000. The molecule has 0 radical (unpaired) electrons. The lowest BCUT2D eigenvalue weighted by Crippen LogP contribution is -2.07. The number of fused-ring (bicyclic) bond motifs is 1. The van der Waals surface area contributed by atoms with Gasteiger partial charge in [0.15, 0.2) is 0 Å². The van der Waals surface area contributed by atoms with E-state index in [4.69, 9.17) is 0 Å². The first-order valence-corrected chi connectivity index (χ1v) is 9.31. The van der Waals surface area contributed by atoms with Crippen molar-refractivity contribution in [2.45, 2.75) is 13.0 Å². The van der Waals surface area contributed by atoms with E-state index in [0.29, 0.717) is 18.8 Å². The third-order valence-electron chi connectivity index (χ3n) is 4.06. The van der Waals surface area contributed by atoms with Gasteiger partial charge in [-0.1, -0.05) is 36.4 Å². The van der Waals surface area contributed by atoms with Crippen molar-refractivity contribution in [3.63, 3.8) is 0 Å². The SMILES string of the molecule is OCCc1nc(NCc2ccccn2)c2c(-c3ccccc3)csc2n1. The van der Waals surface area contributed by atoms with E-state index in [2.05, 4.69) is 37.8 Å². The molecule has 0 aliphatic carbocycles. The van der Waals surface area contributed by atoms with Crippen molar-refractivity contribution in [2.24, 2.45) is 0 Å². The zero-order valence-electron chi connectivity index (χ0n) is 14.1. The van der Waals surface area contributed by atoms with Crippen LogP contribution in [0.15, 0.2) is 60.1 Å². The van der Waals surface area contributed by atoms with Crippen molar-refractivity contribution in [1.29, 1.82) is 0 Å². The monoisotopic (exact) mass is 362 g/mol. The van der Waals surface area contributed by atoms with Crippen molar-refractivity contribution in [2.75, 3.05) is 11.9 Å². The van der Waals surface area contributed by atoms with Crippen molar-refractivity contribution >= 4 is 27.4 Å². The van der Waals surface area contributed by atoms with Crippen LogP contribution in [-0.4, -0.2) is 26.7 Å². The van der Waals surface area contributed by atoms with Crippen molar-refractivity contribution in [3.05, 3.63) is 71.6 Å². The molecule has 1 aromatic carbocycles. The van der Waals surface area contributed by atoms with Gasteiger partial charge in [-0.2, -0.15) is 0 Å². The minimum atomic E-state index is 0.0299. The Morgan fingerprint density at radius 3 is 2.62 bits per heavy atom. The third-order valence-corrected chi connectivity index (χ3v) is 4.94. The van der Waals surface area contributed by atoms with Gasteiger partial charge in [0.1, 0.15) is 16.5 Å². The molecule has 4 aromatic rings. The summed E-state index contributed by atoms with van der Waals surface area (Å²) in [5, 5.41) is 15.8. The molecule has 6 heteroatoms. The number of hydrogen-bond acceptors (Lipinski definition) is 6. The Balaban J connectivity index is 1.78. The Morgan fingerprint density at radius 1 is 1.00 bits per heavy atom. The van der Waals surface area contributed by atoms with Crippen LogP contribution in [0.5, 0.6) is 0 Å². The smallest absolute Gasteiger partial charge is 0.139 e. The van der Waals surface area contributed by atoms with Crippen LogP contribution in [0.4, 0.5) is 5.82 Å². The lowest BCUT2D eigenvalue weighted by Gasteiger charge is -2.10. The van der Waals surface area contributed by atoms with Gasteiger partial charge in [-0.3, -0.25) is 4.98 Å². The maximum Gasteiger partial charge on any atom is 0.139 e. The summed E-state index contributed by atoms with van der Waals surface area (Å²) in [4.78, 5) is 14.6. The molecule has 0 fully saturated rings. The molecule has 130 valence electrons. The largest absolute Gasteiger partial charge is 0.396 e. The van der Waals surface area contributed by atoms with Crippen LogP contribution in [0.2, 0.25) is 0 Å². The quantitative estimate of drug-likeness (QED) is 0.544. The molecule has 0 unspecified atom stereocenters. The van der Waals surface area contributed by atoms with Crippen LogP contribution in [0.1, 0.15) is 11.5 Å². The van der Waals surface area contributed by atoms with Gasteiger partial charge in [0.25, 0.3) is 0 Å². The summed E-state index contributed by atoms with van der Waals surface area (Å²) in [6.07, 6.45) is 2.22. The van der Waals surface area contributed by atoms with Crippen molar-refractivity contribution < 1.29 is 5.11 Å². The fourth-order valence-electron chi connectivity index (χ4n) is 2.83. The number of pyridine rings is 1. The normalized spacial score (nSPS) is 11.0. The minimum Gasteiger partial charge on any atom is -0.396 e. The molecule has 5 nitrogen and oxygen atoms in total. The maximum absolute atomic E-state index is 9.27. The standard InChI is InChI=1S/C20H18N4OS/c25-11-9-17-23-19(22-12-15-8-4-5-10-21-15)18-16(13-26-20(18)24-17)14-6-2-1-3-7-14/h1-8,10,13,25H,9,11-12H2,(H,22,23,24). The summed E-state index contributed by atoms with van der Waals surface area (Å²) in [5.41, 5.74) is 3.20. The summed E-state index contributed by atoms with van der Waals surface area (Å²) in [5.74, 6) is 1.43. The van der Waals surface area contributed by atoms with Gasteiger partial charge in [-0.15, -0.1) is 11.3 Å². The van der Waals surface area contributed by atoms with Gasteiger partial charge in [-0.25, -0.2) is 9.97 Å². The van der Waals surface area contributed by atoms with Crippen LogP contribution in [-0.2, 0) is 13.0 Å². The average molecular weight is 362 g/mol. The average Bonchev–Trinajstić information content (AvgIpc) is 3.12. The first-order valence-electron chi connectivity index (χ1n) is 8.43. The Hall–Kier alpha value is -2.83. The van der Waals surface area contributed by atoms with E-state index in [1.54, 1.807) is 17.5 Å².